The summed E-state index contributed by atoms with van der Waals surface area (Å²) in [5.74, 6) is 12.2. The molecule has 0 radical (unpaired) electrons. The number of nitrogens with two attached hydrogens (primary N) is 1. The van der Waals surface area contributed by atoms with Crippen LogP contribution in [0.25, 0.3) is 0 Å². The molecule has 0 heterocycles. The molecule has 0 aromatic rings. The van der Waals surface area contributed by atoms with Crippen molar-refractivity contribution in [2.75, 3.05) is 0 Å². The van der Waals surface area contributed by atoms with Crippen molar-refractivity contribution in [2.45, 2.75) is 112 Å². The fraction of sp³-hybridized carbons (Fsp3) is 0.963. The van der Waals surface area contributed by atoms with Crippen LogP contribution in [-0.4, -0.2) is 5.71 Å². The summed E-state index contributed by atoms with van der Waals surface area (Å²) in [5, 5.41) is 4.12. The van der Waals surface area contributed by atoms with E-state index in [-0.39, 0.29) is 0 Å². The van der Waals surface area contributed by atoms with E-state index in [1.165, 1.54) is 76.3 Å². The summed E-state index contributed by atoms with van der Waals surface area (Å²) in [6.45, 7) is 12.7. The first-order valence-corrected chi connectivity index (χ1v) is 13.0. The quantitative estimate of drug-likeness (QED) is 0.378. The number of nitrogens with zero attached hydrogens (tertiary/aromatic N) is 1. The Labute approximate surface area is 180 Å². The second-order valence-corrected chi connectivity index (χ2v) is 12.6. The molecule has 4 rings (SSSR count). The normalized spacial score (nSPS) is 47.0. The Morgan fingerprint density at radius 2 is 1.69 bits per heavy atom. The van der Waals surface area contributed by atoms with Crippen molar-refractivity contribution in [2.24, 2.45) is 63.2 Å². The van der Waals surface area contributed by atoms with Crippen LogP contribution in [0.1, 0.15) is 112 Å². The summed E-state index contributed by atoms with van der Waals surface area (Å²) in [6, 6.07) is 0. The third-order valence-corrected chi connectivity index (χ3v) is 10.9. The highest BCUT2D eigenvalue weighted by atomic mass is 15.1. The molecule has 0 saturated heterocycles. The van der Waals surface area contributed by atoms with E-state index in [4.69, 9.17) is 5.84 Å². The lowest BCUT2D eigenvalue weighted by Crippen LogP contribution is -2.53. The van der Waals surface area contributed by atoms with Gasteiger partial charge in [0.15, 0.2) is 0 Å². The van der Waals surface area contributed by atoms with Crippen LogP contribution >= 0.6 is 0 Å². The van der Waals surface area contributed by atoms with Crippen LogP contribution in [0.3, 0.4) is 0 Å². The number of hydrazone groups is 1. The molecule has 2 heteroatoms. The van der Waals surface area contributed by atoms with Crippen LogP contribution in [0, 0.1) is 52.3 Å². The molecule has 0 aliphatic heterocycles. The smallest absolute Gasteiger partial charge is 0.0379 e. The summed E-state index contributed by atoms with van der Waals surface area (Å²) in [5.41, 5.74) is 2.47. The second kappa shape index (κ2) is 8.19. The van der Waals surface area contributed by atoms with Gasteiger partial charge in [0, 0.05) is 5.71 Å². The van der Waals surface area contributed by atoms with E-state index in [9.17, 15) is 0 Å². The molecule has 4 saturated carbocycles. The Kier molecular flexibility index (Phi) is 6.13. The van der Waals surface area contributed by atoms with Gasteiger partial charge >= 0.3 is 0 Å². The predicted molar refractivity (Wildman–Crippen MR) is 125 cm³/mol. The van der Waals surface area contributed by atoms with Crippen LogP contribution < -0.4 is 5.84 Å². The number of hydrogen-bond acceptors (Lipinski definition) is 2. The Morgan fingerprint density at radius 1 is 0.931 bits per heavy atom. The minimum atomic E-state index is 0.555. The maximum atomic E-state index is 5.67. The van der Waals surface area contributed by atoms with E-state index in [0.717, 1.165) is 47.8 Å². The monoisotopic (exact) mass is 400 g/mol. The van der Waals surface area contributed by atoms with Crippen molar-refractivity contribution >= 4 is 5.71 Å². The van der Waals surface area contributed by atoms with Crippen LogP contribution in [0.2, 0.25) is 0 Å². The van der Waals surface area contributed by atoms with E-state index < -0.39 is 0 Å². The first-order valence-electron chi connectivity index (χ1n) is 13.0. The minimum Gasteiger partial charge on any atom is -0.323 e. The van der Waals surface area contributed by atoms with Crippen molar-refractivity contribution in [3.63, 3.8) is 0 Å². The zero-order chi connectivity index (χ0) is 20.8. The SMILES string of the molecule is CC(C)CCCC(C)C1CCC2C3CCC4CC(=NN)CCC4(C)C3CCC12C. The lowest BCUT2D eigenvalue weighted by Gasteiger charge is -2.60. The van der Waals surface area contributed by atoms with Gasteiger partial charge in [-0.2, -0.15) is 5.10 Å². The lowest BCUT2D eigenvalue weighted by atomic mass is 9.44. The highest BCUT2D eigenvalue weighted by Crippen LogP contribution is 2.68. The van der Waals surface area contributed by atoms with Gasteiger partial charge in [-0.15, -0.1) is 0 Å². The van der Waals surface area contributed by atoms with Gasteiger partial charge in [-0.3, -0.25) is 0 Å². The molecule has 8 atom stereocenters. The molecular formula is C27H48N2. The molecule has 0 amide bonds. The van der Waals surface area contributed by atoms with Gasteiger partial charge in [0.25, 0.3) is 0 Å². The Morgan fingerprint density at radius 3 is 2.41 bits per heavy atom. The second-order valence-electron chi connectivity index (χ2n) is 12.6. The summed E-state index contributed by atoms with van der Waals surface area (Å²) in [4.78, 5) is 0. The molecule has 8 unspecified atom stereocenters. The molecular weight excluding hydrogens is 352 g/mol. The first-order chi connectivity index (χ1) is 13.8. The van der Waals surface area contributed by atoms with Crippen molar-refractivity contribution in [3.8, 4) is 0 Å². The predicted octanol–water partition coefficient (Wildman–Crippen LogP) is 7.42. The number of hydrogen-bond donors (Lipinski definition) is 1. The number of rotatable bonds is 5. The maximum absolute atomic E-state index is 5.67. The van der Waals surface area contributed by atoms with Gasteiger partial charge < -0.3 is 5.84 Å². The van der Waals surface area contributed by atoms with Crippen LogP contribution in [-0.2, 0) is 0 Å². The zero-order valence-corrected chi connectivity index (χ0v) is 20.1. The van der Waals surface area contributed by atoms with E-state index in [0.29, 0.717) is 10.8 Å². The molecule has 29 heavy (non-hydrogen) atoms. The largest absolute Gasteiger partial charge is 0.323 e. The fourth-order valence-corrected chi connectivity index (χ4v) is 9.20. The fourth-order valence-electron chi connectivity index (χ4n) is 9.20. The minimum absolute atomic E-state index is 0.555. The summed E-state index contributed by atoms with van der Waals surface area (Å²) in [6.07, 6.45) is 16.9. The molecule has 2 nitrogen and oxygen atoms in total. The lowest BCUT2D eigenvalue weighted by molar-refractivity contribution is -0.105. The third kappa shape index (κ3) is 3.69. The van der Waals surface area contributed by atoms with E-state index >= 15 is 0 Å². The van der Waals surface area contributed by atoms with Crippen LogP contribution in [0.4, 0.5) is 0 Å². The van der Waals surface area contributed by atoms with Crippen molar-refractivity contribution in [1.29, 1.82) is 0 Å². The van der Waals surface area contributed by atoms with Gasteiger partial charge in [-0.05, 0) is 110 Å². The third-order valence-electron chi connectivity index (χ3n) is 10.9. The van der Waals surface area contributed by atoms with Gasteiger partial charge in [-0.1, -0.05) is 53.9 Å². The van der Waals surface area contributed by atoms with E-state index in [1.807, 2.05) is 0 Å². The average Bonchev–Trinajstić information content (AvgIpc) is 3.04. The van der Waals surface area contributed by atoms with Crippen LogP contribution in [0.5, 0.6) is 0 Å². The van der Waals surface area contributed by atoms with Gasteiger partial charge in [-0.25, -0.2) is 0 Å². The van der Waals surface area contributed by atoms with E-state index in [2.05, 4.69) is 39.7 Å². The Hall–Kier alpha value is -0.530. The molecule has 0 aromatic heterocycles. The molecule has 2 N–H and O–H groups in total. The molecule has 4 fully saturated rings. The first kappa shape index (κ1) is 21.7. The molecule has 0 aromatic carbocycles. The molecule has 0 bridgehead atoms. The molecule has 166 valence electrons. The van der Waals surface area contributed by atoms with E-state index in [1.54, 1.807) is 0 Å². The Balaban J connectivity index is 1.46. The highest BCUT2D eigenvalue weighted by molar-refractivity contribution is 5.85. The van der Waals surface area contributed by atoms with Crippen molar-refractivity contribution in [1.82, 2.24) is 0 Å². The van der Waals surface area contributed by atoms with Gasteiger partial charge in [0.05, 0.1) is 0 Å². The van der Waals surface area contributed by atoms with Gasteiger partial charge in [0.2, 0.25) is 0 Å². The average molecular weight is 401 g/mol. The van der Waals surface area contributed by atoms with Gasteiger partial charge in [0.1, 0.15) is 0 Å². The Bertz CT molecular complexity index is 610. The van der Waals surface area contributed by atoms with Crippen molar-refractivity contribution in [3.05, 3.63) is 0 Å². The summed E-state index contributed by atoms with van der Waals surface area (Å²) < 4.78 is 0. The van der Waals surface area contributed by atoms with Crippen molar-refractivity contribution < 1.29 is 0 Å². The molecule has 4 aliphatic carbocycles. The number of fused-ring (bicyclic) bond motifs is 5. The molecule has 4 aliphatic rings. The standard InChI is InChI=1S/C27H48N2/c1-18(2)7-6-8-19(3)23-11-12-24-22-10-9-20-17-21(29-28)13-15-26(20,4)25(22)14-16-27(23,24)5/h18-20,22-25H,6-17,28H2,1-5H3. The molecule has 0 spiro atoms. The highest BCUT2D eigenvalue weighted by Gasteiger charge is 2.60. The zero-order valence-electron chi connectivity index (χ0n) is 20.1. The van der Waals surface area contributed by atoms with Crippen LogP contribution in [0.15, 0.2) is 5.10 Å². The summed E-state index contributed by atoms with van der Waals surface area (Å²) >= 11 is 0. The maximum Gasteiger partial charge on any atom is 0.0379 e. The summed E-state index contributed by atoms with van der Waals surface area (Å²) in [7, 11) is 0. The topological polar surface area (TPSA) is 38.4 Å².